The number of hydrogen-bond acceptors (Lipinski definition) is 6. The van der Waals surface area contributed by atoms with Gasteiger partial charge in [-0.1, -0.05) is 6.07 Å². The van der Waals surface area contributed by atoms with E-state index >= 15 is 0 Å². The van der Waals surface area contributed by atoms with Crippen LogP contribution in [0.5, 0.6) is 11.5 Å². The van der Waals surface area contributed by atoms with Gasteiger partial charge in [-0.05, 0) is 73.8 Å². The fourth-order valence-corrected chi connectivity index (χ4v) is 5.58. The normalized spacial score (nSPS) is 17.7. The first-order valence-corrected chi connectivity index (χ1v) is 12.8. The Hall–Kier alpha value is -2.97. The van der Waals surface area contributed by atoms with Gasteiger partial charge < -0.3 is 19.7 Å². The van der Waals surface area contributed by atoms with E-state index in [1.54, 1.807) is 18.9 Å². The Balaban J connectivity index is 1.30. The Morgan fingerprint density at radius 2 is 2.12 bits per heavy atom. The molecule has 2 N–H and O–H groups in total. The van der Waals surface area contributed by atoms with Crippen LogP contribution >= 0.6 is 11.8 Å². The van der Waals surface area contributed by atoms with Crippen molar-refractivity contribution in [2.45, 2.75) is 24.2 Å². The van der Waals surface area contributed by atoms with Crippen LogP contribution in [0.15, 0.2) is 53.7 Å². The number of H-pyrrole nitrogens is 1. The van der Waals surface area contributed by atoms with E-state index in [4.69, 9.17) is 9.47 Å². The fourth-order valence-electron chi connectivity index (χ4n) is 4.53. The van der Waals surface area contributed by atoms with Gasteiger partial charge in [0.15, 0.2) is 0 Å². The number of nitrogens with one attached hydrogen (secondary N) is 2. The third-order valence-corrected chi connectivity index (χ3v) is 7.52. The Kier molecular flexibility index (Phi) is 7.06. The summed E-state index contributed by atoms with van der Waals surface area (Å²) in [4.78, 5) is 16.8. The average Bonchev–Trinajstić information content (AvgIpc) is 3.59. The van der Waals surface area contributed by atoms with E-state index in [-0.39, 0.29) is 11.8 Å². The zero-order valence-corrected chi connectivity index (χ0v) is 20.2. The number of nitrogens with zero attached hydrogens (tertiary/aromatic N) is 2. The third kappa shape index (κ3) is 5.23. The van der Waals surface area contributed by atoms with Crippen molar-refractivity contribution in [2.75, 3.05) is 44.4 Å². The van der Waals surface area contributed by atoms with Crippen LogP contribution < -0.4 is 14.8 Å². The first kappa shape index (κ1) is 22.8. The molecule has 1 amide bonds. The fraction of sp³-hybridized carbons (Fsp3) is 0.385. The molecule has 8 heteroatoms. The van der Waals surface area contributed by atoms with E-state index in [1.807, 2.05) is 42.7 Å². The minimum Gasteiger partial charge on any atom is -0.497 e. The molecule has 5 rings (SSSR count). The predicted molar refractivity (Wildman–Crippen MR) is 135 cm³/mol. The molecule has 2 aromatic carbocycles. The summed E-state index contributed by atoms with van der Waals surface area (Å²) in [5, 5.41) is 10.1. The number of anilines is 1. The highest BCUT2D eigenvalue weighted by atomic mass is 32.2. The highest BCUT2D eigenvalue weighted by molar-refractivity contribution is 7.99. The van der Waals surface area contributed by atoms with Gasteiger partial charge in [-0.3, -0.25) is 9.89 Å². The zero-order valence-electron chi connectivity index (χ0n) is 19.4. The lowest BCUT2D eigenvalue weighted by atomic mass is 9.95. The third-order valence-electron chi connectivity index (χ3n) is 6.48. The highest BCUT2D eigenvalue weighted by Gasteiger charge is 2.27. The topological polar surface area (TPSA) is 79.5 Å². The zero-order chi connectivity index (χ0) is 23.3. The molecular formula is C26H30N4O3S. The Morgan fingerprint density at radius 1 is 1.24 bits per heavy atom. The smallest absolute Gasteiger partial charge is 0.231 e. The molecule has 2 aliphatic heterocycles. The van der Waals surface area contributed by atoms with Crippen LogP contribution in [0.4, 0.5) is 5.69 Å². The van der Waals surface area contributed by atoms with Crippen LogP contribution in [-0.4, -0.2) is 60.1 Å². The molecule has 1 saturated heterocycles. The molecule has 3 aromatic rings. The van der Waals surface area contributed by atoms with Gasteiger partial charge in [0.25, 0.3) is 0 Å². The molecule has 7 nitrogen and oxygen atoms in total. The Morgan fingerprint density at radius 3 is 2.91 bits per heavy atom. The van der Waals surface area contributed by atoms with Crippen molar-refractivity contribution in [1.29, 1.82) is 0 Å². The largest absolute Gasteiger partial charge is 0.497 e. The summed E-state index contributed by atoms with van der Waals surface area (Å²) in [5.74, 6) is 2.31. The van der Waals surface area contributed by atoms with Gasteiger partial charge in [0, 0.05) is 29.0 Å². The maximum absolute atomic E-state index is 13.2. The van der Waals surface area contributed by atoms with Crippen molar-refractivity contribution in [2.24, 2.45) is 5.92 Å². The summed E-state index contributed by atoms with van der Waals surface area (Å²) in [6.07, 6.45) is 6.92. The molecule has 1 unspecified atom stereocenters. The summed E-state index contributed by atoms with van der Waals surface area (Å²) in [6, 6.07) is 11.9. The SMILES string of the molecule is COc1ccc2c(c1)CC(C(=O)Nc1ccc(-c3cn[nH]c3)cc1SCCN1CCCC1)CO2. The minimum absolute atomic E-state index is 0.0223. The summed E-state index contributed by atoms with van der Waals surface area (Å²) < 4.78 is 11.2. The molecular weight excluding hydrogens is 448 g/mol. The number of amides is 1. The van der Waals surface area contributed by atoms with Crippen molar-refractivity contribution < 1.29 is 14.3 Å². The minimum atomic E-state index is -0.254. The number of aromatic nitrogens is 2. The van der Waals surface area contributed by atoms with E-state index in [0.717, 1.165) is 51.1 Å². The van der Waals surface area contributed by atoms with Gasteiger partial charge in [0.2, 0.25) is 5.91 Å². The van der Waals surface area contributed by atoms with Crippen LogP contribution in [0, 0.1) is 5.92 Å². The maximum Gasteiger partial charge on any atom is 0.231 e. The van der Waals surface area contributed by atoms with Crippen LogP contribution in [0.25, 0.3) is 11.1 Å². The molecule has 0 aliphatic carbocycles. The second-order valence-corrected chi connectivity index (χ2v) is 9.91. The van der Waals surface area contributed by atoms with E-state index < -0.39 is 0 Å². The molecule has 0 saturated carbocycles. The average molecular weight is 479 g/mol. The molecule has 1 fully saturated rings. The number of fused-ring (bicyclic) bond motifs is 1. The highest BCUT2D eigenvalue weighted by Crippen LogP contribution is 2.34. The number of methoxy groups -OCH3 is 1. The van der Waals surface area contributed by atoms with Crippen molar-refractivity contribution in [3.05, 3.63) is 54.4 Å². The number of aromatic amines is 1. The predicted octanol–water partition coefficient (Wildman–Crippen LogP) is 4.46. The maximum atomic E-state index is 13.2. The van der Waals surface area contributed by atoms with Crippen LogP contribution in [-0.2, 0) is 11.2 Å². The number of benzene rings is 2. The monoisotopic (exact) mass is 478 g/mol. The second kappa shape index (κ2) is 10.5. The number of rotatable bonds is 8. The van der Waals surface area contributed by atoms with Crippen molar-refractivity contribution in [3.8, 4) is 22.6 Å². The lowest BCUT2D eigenvalue weighted by Crippen LogP contribution is -2.32. The summed E-state index contributed by atoms with van der Waals surface area (Å²) >= 11 is 1.79. The Bertz CT molecular complexity index is 1130. The van der Waals surface area contributed by atoms with Crippen molar-refractivity contribution >= 4 is 23.4 Å². The standard InChI is InChI=1S/C26H30N4O3S/c1-32-22-5-7-24-19(13-22)12-20(17-33-24)26(31)29-23-6-4-18(21-15-27-28-16-21)14-25(23)34-11-10-30-8-2-3-9-30/h4-7,13-16,20H,2-3,8-12,17H2,1H3,(H,27,28)(H,29,31). The number of carbonyl (C=O) groups excluding carboxylic acids is 1. The van der Waals surface area contributed by atoms with Gasteiger partial charge in [-0.2, -0.15) is 5.10 Å². The summed E-state index contributed by atoms with van der Waals surface area (Å²) in [7, 11) is 1.64. The number of likely N-dealkylation sites (tertiary alicyclic amines) is 1. The van der Waals surface area contributed by atoms with E-state index in [0.29, 0.717) is 13.0 Å². The molecule has 178 valence electrons. The van der Waals surface area contributed by atoms with Gasteiger partial charge in [0.05, 0.1) is 24.9 Å². The lowest BCUT2D eigenvalue weighted by molar-refractivity contribution is -0.121. The van der Waals surface area contributed by atoms with E-state index in [9.17, 15) is 4.79 Å². The number of ether oxygens (including phenoxy) is 2. The van der Waals surface area contributed by atoms with E-state index in [2.05, 4.69) is 26.5 Å². The summed E-state index contributed by atoms with van der Waals surface area (Å²) in [6.45, 7) is 3.80. The molecule has 1 atom stereocenters. The summed E-state index contributed by atoms with van der Waals surface area (Å²) in [5.41, 5.74) is 3.96. The Labute approximate surface area is 204 Å². The molecule has 1 aromatic heterocycles. The van der Waals surface area contributed by atoms with Crippen LogP contribution in [0.3, 0.4) is 0 Å². The lowest BCUT2D eigenvalue weighted by Gasteiger charge is -2.25. The number of carbonyl (C=O) groups is 1. The molecule has 0 radical (unpaired) electrons. The van der Waals surface area contributed by atoms with Crippen molar-refractivity contribution in [3.63, 3.8) is 0 Å². The molecule has 2 aliphatic rings. The van der Waals surface area contributed by atoms with Crippen LogP contribution in [0.1, 0.15) is 18.4 Å². The molecule has 3 heterocycles. The van der Waals surface area contributed by atoms with Gasteiger partial charge in [0.1, 0.15) is 18.1 Å². The van der Waals surface area contributed by atoms with Gasteiger partial charge in [-0.25, -0.2) is 0 Å². The van der Waals surface area contributed by atoms with Crippen LogP contribution in [0.2, 0.25) is 0 Å². The quantitative estimate of drug-likeness (QED) is 0.465. The molecule has 34 heavy (non-hydrogen) atoms. The second-order valence-electron chi connectivity index (χ2n) is 8.77. The number of hydrogen-bond donors (Lipinski definition) is 2. The number of thioether (sulfide) groups is 1. The van der Waals surface area contributed by atoms with Gasteiger partial charge >= 0.3 is 0 Å². The first-order valence-electron chi connectivity index (χ1n) is 11.8. The first-order chi connectivity index (χ1) is 16.7. The molecule has 0 spiro atoms. The van der Waals surface area contributed by atoms with Gasteiger partial charge in [-0.15, -0.1) is 11.8 Å². The van der Waals surface area contributed by atoms with Crippen molar-refractivity contribution in [1.82, 2.24) is 15.1 Å². The molecule has 0 bridgehead atoms. The van der Waals surface area contributed by atoms with E-state index in [1.165, 1.54) is 25.9 Å².